The quantitative estimate of drug-likeness (QED) is 0.759. The number of hydrogen-bond donors (Lipinski definition) is 2. The Balaban J connectivity index is 2.06. The fraction of sp³-hybridized carbons (Fsp3) is 0.357. The van der Waals surface area contributed by atoms with E-state index in [1.807, 2.05) is 0 Å². The van der Waals surface area contributed by atoms with E-state index in [1.54, 1.807) is 0 Å². The number of benzene rings is 1. The monoisotopic (exact) mass is 363 g/mol. The molecule has 1 aromatic carbocycles. The van der Waals surface area contributed by atoms with Gasteiger partial charge in [-0.2, -0.15) is 0 Å². The Morgan fingerprint density at radius 2 is 1.83 bits per heavy atom. The number of nitrogens with zero attached hydrogens (tertiary/aromatic N) is 1. The topological polar surface area (TPSA) is 98.2 Å². The Bertz CT molecular complexity index is 833. The van der Waals surface area contributed by atoms with Gasteiger partial charge in [-0.3, -0.25) is 0 Å². The Morgan fingerprint density at radius 3 is 2.42 bits per heavy atom. The molecule has 1 atom stereocenters. The van der Waals surface area contributed by atoms with Crippen LogP contribution in [0.3, 0.4) is 0 Å². The van der Waals surface area contributed by atoms with Crippen LogP contribution in [0.4, 0.5) is 13.2 Å². The summed E-state index contributed by atoms with van der Waals surface area (Å²) in [6.45, 7) is 2.69. The van der Waals surface area contributed by atoms with Crippen LogP contribution in [0.25, 0.3) is 0 Å². The van der Waals surface area contributed by atoms with Crippen molar-refractivity contribution in [2.45, 2.75) is 31.2 Å². The van der Waals surface area contributed by atoms with Crippen molar-refractivity contribution in [3.8, 4) is 0 Å². The molecule has 1 heterocycles. The summed E-state index contributed by atoms with van der Waals surface area (Å²) in [5.41, 5.74) is 5.80. The standard InChI is InChI=1S/C14H16F3N3O3S/c1-7-14(8(2)23-20-7)24(21,22)19-6-10(18)3-9-4-12(16)13(17)5-11(9)15/h4-5,10,19H,3,6,18H2,1-2H3/t10-/m1/s1. The van der Waals surface area contributed by atoms with E-state index in [-0.39, 0.29) is 34.9 Å². The minimum absolute atomic E-state index is 0.0892. The summed E-state index contributed by atoms with van der Waals surface area (Å²) in [7, 11) is -3.90. The zero-order valence-corrected chi connectivity index (χ0v) is 13.8. The molecule has 0 saturated heterocycles. The predicted octanol–water partition coefficient (Wildman–Crippen LogP) is 1.56. The van der Waals surface area contributed by atoms with Crippen molar-refractivity contribution in [1.82, 2.24) is 9.88 Å². The van der Waals surface area contributed by atoms with Gasteiger partial charge in [-0.25, -0.2) is 26.3 Å². The molecule has 2 aromatic rings. The molecule has 132 valence electrons. The average molecular weight is 363 g/mol. The van der Waals surface area contributed by atoms with E-state index in [9.17, 15) is 21.6 Å². The van der Waals surface area contributed by atoms with Gasteiger partial charge in [-0.15, -0.1) is 0 Å². The van der Waals surface area contributed by atoms with Crippen molar-refractivity contribution < 1.29 is 26.1 Å². The van der Waals surface area contributed by atoms with Crippen LogP contribution in [0.1, 0.15) is 17.0 Å². The summed E-state index contributed by atoms with van der Waals surface area (Å²) in [6.07, 6.45) is -0.173. The number of hydrogen-bond acceptors (Lipinski definition) is 5. The van der Waals surface area contributed by atoms with Crippen molar-refractivity contribution in [1.29, 1.82) is 0 Å². The van der Waals surface area contributed by atoms with Gasteiger partial charge in [0, 0.05) is 18.7 Å². The Hall–Kier alpha value is -1.91. The summed E-state index contributed by atoms with van der Waals surface area (Å²) < 4.78 is 71.1. The lowest BCUT2D eigenvalue weighted by atomic mass is 10.1. The van der Waals surface area contributed by atoms with Gasteiger partial charge < -0.3 is 10.3 Å². The lowest BCUT2D eigenvalue weighted by Gasteiger charge is -2.14. The smallest absolute Gasteiger partial charge is 0.246 e. The highest BCUT2D eigenvalue weighted by atomic mass is 32.2. The number of aryl methyl sites for hydroxylation is 2. The second kappa shape index (κ2) is 6.91. The molecule has 0 aliphatic heterocycles. The molecule has 0 aliphatic rings. The van der Waals surface area contributed by atoms with Gasteiger partial charge in [0.25, 0.3) is 0 Å². The highest BCUT2D eigenvalue weighted by molar-refractivity contribution is 7.89. The summed E-state index contributed by atoms with van der Waals surface area (Å²) in [5.74, 6) is -3.32. The second-order valence-electron chi connectivity index (χ2n) is 5.33. The van der Waals surface area contributed by atoms with Crippen molar-refractivity contribution in [3.63, 3.8) is 0 Å². The molecule has 0 amide bonds. The van der Waals surface area contributed by atoms with Crippen LogP contribution in [-0.2, 0) is 16.4 Å². The van der Waals surface area contributed by atoms with Crippen LogP contribution in [-0.4, -0.2) is 26.2 Å². The summed E-state index contributed by atoms with van der Waals surface area (Å²) in [6, 6.07) is 0.276. The highest BCUT2D eigenvalue weighted by Gasteiger charge is 2.24. The molecular formula is C14H16F3N3O3S. The molecule has 1 aromatic heterocycles. The SMILES string of the molecule is Cc1noc(C)c1S(=O)(=O)NC[C@H](N)Cc1cc(F)c(F)cc1F. The number of rotatable bonds is 6. The van der Waals surface area contributed by atoms with Gasteiger partial charge in [-0.1, -0.05) is 5.16 Å². The fourth-order valence-corrected chi connectivity index (χ4v) is 3.64. The van der Waals surface area contributed by atoms with E-state index in [2.05, 4.69) is 9.88 Å². The van der Waals surface area contributed by atoms with Crippen LogP contribution in [0, 0.1) is 31.3 Å². The van der Waals surface area contributed by atoms with Crippen molar-refractivity contribution in [2.24, 2.45) is 5.73 Å². The first-order chi connectivity index (χ1) is 11.1. The van der Waals surface area contributed by atoms with Gasteiger partial charge in [0.1, 0.15) is 16.4 Å². The average Bonchev–Trinajstić information content (AvgIpc) is 2.82. The molecular weight excluding hydrogens is 347 g/mol. The van der Waals surface area contributed by atoms with Gasteiger partial charge in [0.05, 0.1) is 0 Å². The summed E-state index contributed by atoms with van der Waals surface area (Å²) in [4.78, 5) is -0.0892. The molecule has 10 heteroatoms. The third-order valence-electron chi connectivity index (χ3n) is 3.34. The number of nitrogens with two attached hydrogens (primary N) is 1. The van der Waals surface area contributed by atoms with Crippen LogP contribution in [0.2, 0.25) is 0 Å². The normalized spacial score (nSPS) is 13.2. The maximum absolute atomic E-state index is 13.6. The second-order valence-corrected chi connectivity index (χ2v) is 7.03. The van der Waals surface area contributed by atoms with E-state index in [1.165, 1.54) is 13.8 Å². The molecule has 2 rings (SSSR count). The largest absolute Gasteiger partial charge is 0.360 e. The number of nitrogens with one attached hydrogen (secondary N) is 1. The van der Waals surface area contributed by atoms with Crippen molar-refractivity contribution >= 4 is 10.0 Å². The zero-order chi connectivity index (χ0) is 18.1. The lowest BCUT2D eigenvalue weighted by Crippen LogP contribution is -2.39. The van der Waals surface area contributed by atoms with Gasteiger partial charge in [-0.05, 0) is 31.9 Å². The minimum atomic E-state index is -3.90. The molecule has 3 N–H and O–H groups in total. The highest BCUT2D eigenvalue weighted by Crippen LogP contribution is 2.19. The van der Waals surface area contributed by atoms with E-state index in [4.69, 9.17) is 10.3 Å². The van der Waals surface area contributed by atoms with E-state index < -0.39 is 33.5 Å². The van der Waals surface area contributed by atoms with E-state index >= 15 is 0 Å². The molecule has 0 fully saturated rings. The molecule has 0 saturated carbocycles. The molecule has 6 nitrogen and oxygen atoms in total. The maximum Gasteiger partial charge on any atom is 0.246 e. The summed E-state index contributed by atoms with van der Waals surface area (Å²) in [5, 5.41) is 3.55. The van der Waals surface area contributed by atoms with Crippen LogP contribution >= 0.6 is 0 Å². The maximum atomic E-state index is 13.6. The first-order valence-corrected chi connectivity index (χ1v) is 8.41. The van der Waals surface area contributed by atoms with Crippen LogP contribution in [0.5, 0.6) is 0 Å². The number of halogens is 3. The Kier molecular flexibility index (Phi) is 5.31. The van der Waals surface area contributed by atoms with E-state index in [0.717, 1.165) is 0 Å². The zero-order valence-electron chi connectivity index (χ0n) is 12.9. The molecule has 0 bridgehead atoms. The van der Waals surface area contributed by atoms with Gasteiger partial charge in [0.15, 0.2) is 17.4 Å². The molecule has 0 aliphatic carbocycles. The fourth-order valence-electron chi connectivity index (χ4n) is 2.22. The Labute approximate surface area is 136 Å². The van der Waals surface area contributed by atoms with Gasteiger partial charge >= 0.3 is 0 Å². The lowest BCUT2D eigenvalue weighted by molar-refractivity contribution is 0.390. The molecule has 0 radical (unpaired) electrons. The van der Waals surface area contributed by atoms with E-state index in [0.29, 0.717) is 12.1 Å². The van der Waals surface area contributed by atoms with Crippen molar-refractivity contribution in [3.05, 3.63) is 46.6 Å². The van der Waals surface area contributed by atoms with Crippen LogP contribution < -0.4 is 10.5 Å². The van der Waals surface area contributed by atoms with Crippen molar-refractivity contribution in [2.75, 3.05) is 6.54 Å². The van der Waals surface area contributed by atoms with Gasteiger partial charge in [0.2, 0.25) is 10.0 Å². The summed E-state index contributed by atoms with van der Waals surface area (Å²) >= 11 is 0. The number of aromatic nitrogens is 1. The predicted molar refractivity (Wildman–Crippen MR) is 79.2 cm³/mol. The first kappa shape index (κ1) is 18.4. The van der Waals surface area contributed by atoms with Crippen LogP contribution in [0.15, 0.2) is 21.6 Å². The first-order valence-electron chi connectivity index (χ1n) is 6.93. The molecule has 0 unspecified atom stereocenters. The third kappa shape index (κ3) is 3.94. The molecule has 24 heavy (non-hydrogen) atoms. The third-order valence-corrected chi connectivity index (χ3v) is 5.01. The minimum Gasteiger partial charge on any atom is -0.360 e. The number of sulfonamides is 1. The Morgan fingerprint density at radius 1 is 1.21 bits per heavy atom. The molecule has 0 spiro atoms.